The van der Waals surface area contributed by atoms with E-state index in [0.717, 1.165) is 17.9 Å². The van der Waals surface area contributed by atoms with Crippen LogP contribution in [0, 0.1) is 31.4 Å². The second kappa shape index (κ2) is 6.70. The fraction of sp³-hybridized carbons (Fsp3) is 0.533. The minimum Gasteiger partial charge on any atom is -0.496 e. The lowest BCUT2D eigenvalue weighted by molar-refractivity contribution is 0.410. The highest BCUT2D eigenvalue weighted by molar-refractivity contribution is 8.03. The maximum Gasteiger partial charge on any atom is 0.133 e. The number of thioether (sulfide) groups is 1. The van der Waals surface area contributed by atoms with Gasteiger partial charge < -0.3 is 4.74 Å². The van der Waals surface area contributed by atoms with E-state index >= 15 is 0 Å². The van der Waals surface area contributed by atoms with E-state index in [9.17, 15) is 0 Å². The molecule has 0 aromatic heterocycles. The Hall–Kier alpha value is -1.14. The van der Waals surface area contributed by atoms with Gasteiger partial charge in [0.25, 0.3) is 0 Å². The molecule has 18 heavy (non-hydrogen) atoms. The molecule has 0 spiro atoms. The van der Waals surface area contributed by atoms with Crippen LogP contribution in [0.5, 0.6) is 5.75 Å². The molecule has 1 aromatic rings. The summed E-state index contributed by atoms with van der Waals surface area (Å²) in [5, 5.41) is 10.7. The molecule has 98 valence electrons. The number of nitrogens with zero attached hydrogens (tertiary/aromatic N) is 1. The summed E-state index contributed by atoms with van der Waals surface area (Å²) in [4.78, 5) is 0. The lowest BCUT2D eigenvalue weighted by Crippen LogP contribution is -2.04. The Morgan fingerprint density at radius 3 is 2.56 bits per heavy atom. The minimum absolute atomic E-state index is 0.482. The van der Waals surface area contributed by atoms with Crippen LogP contribution in [-0.2, 0) is 0 Å². The van der Waals surface area contributed by atoms with E-state index in [4.69, 9.17) is 10.00 Å². The van der Waals surface area contributed by atoms with Crippen molar-refractivity contribution in [3.05, 3.63) is 28.3 Å². The molecule has 1 unspecified atom stereocenters. The van der Waals surface area contributed by atoms with Gasteiger partial charge in [0, 0.05) is 5.75 Å². The van der Waals surface area contributed by atoms with Gasteiger partial charge in [0.2, 0.25) is 0 Å². The third kappa shape index (κ3) is 3.20. The molecule has 1 rings (SSSR count). The van der Waals surface area contributed by atoms with E-state index in [1.807, 2.05) is 0 Å². The zero-order valence-electron chi connectivity index (χ0n) is 11.8. The molecule has 0 fully saturated rings. The summed E-state index contributed by atoms with van der Waals surface area (Å²) in [5.74, 6) is 2.34. The van der Waals surface area contributed by atoms with Gasteiger partial charge in [-0.3, -0.25) is 0 Å². The summed E-state index contributed by atoms with van der Waals surface area (Å²) in [6.07, 6.45) is 1.03. The van der Waals surface area contributed by atoms with Crippen LogP contribution in [0.4, 0.5) is 0 Å². The van der Waals surface area contributed by atoms with Crippen molar-refractivity contribution in [2.75, 3.05) is 12.9 Å². The molecule has 0 aliphatic rings. The average molecular weight is 263 g/mol. The van der Waals surface area contributed by atoms with Gasteiger partial charge in [0.15, 0.2) is 0 Å². The van der Waals surface area contributed by atoms with Crippen molar-refractivity contribution in [2.24, 2.45) is 0 Å². The molecule has 0 saturated carbocycles. The van der Waals surface area contributed by atoms with Crippen LogP contribution >= 0.6 is 11.8 Å². The Balaban J connectivity index is 3.02. The van der Waals surface area contributed by atoms with E-state index < -0.39 is 0 Å². The van der Waals surface area contributed by atoms with Gasteiger partial charge >= 0.3 is 0 Å². The first-order chi connectivity index (χ1) is 8.52. The predicted octanol–water partition coefficient (Wildman–Crippen LogP) is 4.33. The number of hydrogen-bond acceptors (Lipinski definition) is 3. The highest BCUT2D eigenvalue weighted by atomic mass is 32.2. The molecule has 2 nitrogen and oxygen atoms in total. The van der Waals surface area contributed by atoms with Crippen LogP contribution in [0.3, 0.4) is 0 Å². The molecule has 1 atom stereocenters. The number of hydrogen-bond donors (Lipinski definition) is 0. The topological polar surface area (TPSA) is 33.0 Å². The van der Waals surface area contributed by atoms with Gasteiger partial charge in [0.1, 0.15) is 11.2 Å². The molecule has 0 saturated heterocycles. The summed E-state index contributed by atoms with van der Waals surface area (Å²) in [6.45, 7) is 8.64. The highest BCUT2D eigenvalue weighted by Gasteiger charge is 2.15. The first-order valence-electron chi connectivity index (χ1n) is 6.18. The van der Waals surface area contributed by atoms with Crippen LogP contribution in [0.15, 0.2) is 6.07 Å². The minimum atomic E-state index is 0.482. The number of nitriles is 1. The van der Waals surface area contributed by atoms with Crippen molar-refractivity contribution in [3.8, 4) is 11.2 Å². The second-order valence-electron chi connectivity index (χ2n) is 4.69. The second-order valence-corrected chi connectivity index (χ2v) is 5.57. The number of benzene rings is 1. The lowest BCUT2D eigenvalue weighted by Gasteiger charge is -2.20. The Morgan fingerprint density at radius 1 is 1.33 bits per heavy atom. The molecule has 1 aromatic carbocycles. The third-order valence-electron chi connectivity index (χ3n) is 3.54. The molecule has 0 heterocycles. The molecule has 0 aliphatic heterocycles. The summed E-state index contributed by atoms with van der Waals surface area (Å²) in [5.41, 5.74) is 5.23. The predicted molar refractivity (Wildman–Crippen MR) is 78.3 cm³/mol. The van der Waals surface area contributed by atoms with Gasteiger partial charge in [0.05, 0.1) is 7.11 Å². The zero-order chi connectivity index (χ0) is 13.7. The van der Waals surface area contributed by atoms with Crippen LogP contribution < -0.4 is 4.74 Å². The Labute approximate surface area is 114 Å². The maximum atomic E-state index is 8.57. The van der Waals surface area contributed by atoms with Crippen molar-refractivity contribution >= 4 is 11.8 Å². The molecule has 0 bridgehead atoms. The molecule has 0 N–H and O–H groups in total. The monoisotopic (exact) mass is 263 g/mol. The molecular formula is C15H21NOS. The summed E-state index contributed by atoms with van der Waals surface area (Å²) >= 11 is 1.34. The summed E-state index contributed by atoms with van der Waals surface area (Å²) < 4.78 is 5.39. The largest absolute Gasteiger partial charge is 0.496 e. The lowest BCUT2D eigenvalue weighted by atomic mass is 9.87. The number of ether oxygens (including phenoxy) is 1. The van der Waals surface area contributed by atoms with Crippen LogP contribution in [0.25, 0.3) is 0 Å². The number of aryl methyl sites for hydroxylation is 1. The standard InChI is InChI=1S/C15H21NOS/c1-10(6-7-18-9-16)15-11(2)8-14(17-5)12(3)13(15)4/h8,10H,6-7H2,1-5H3. The SMILES string of the molecule is COc1cc(C)c(C(C)CCSC#N)c(C)c1C. The number of thiocyanates is 1. The normalized spacial score (nSPS) is 12.0. The fourth-order valence-electron chi connectivity index (χ4n) is 2.46. The van der Waals surface area contributed by atoms with E-state index in [2.05, 4.69) is 39.2 Å². The molecule has 0 radical (unpaired) electrons. The Morgan fingerprint density at radius 2 is 2.00 bits per heavy atom. The quantitative estimate of drug-likeness (QED) is 0.585. The molecule has 0 amide bonds. The molecular weight excluding hydrogens is 242 g/mol. The van der Waals surface area contributed by atoms with Gasteiger partial charge in [-0.05, 0) is 73.2 Å². The van der Waals surface area contributed by atoms with Gasteiger partial charge in [-0.1, -0.05) is 6.92 Å². The van der Waals surface area contributed by atoms with E-state index in [1.165, 1.54) is 34.0 Å². The fourth-order valence-corrected chi connectivity index (χ4v) is 3.02. The Kier molecular flexibility index (Phi) is 5.55. The molecule has 3 heteroatoms. The van der Waals surface area contributed by atoms with Crippen molar-refractivity contribution in [1.29, 1.82) is 5.26 Å². The summed E-state index contributed by atoms with van der Waals surface area (Å²) in [7, 11) is 1.72. The first kappa shape index (κ1) is 14.9. The van der Waals surface area contributed by atoms with Crippen molar-refractivity contribution in [3.63, 3.8) is 0 Å². The van der Waals surface area contributed by atoms with Crippen molar-refractivity contribution < 1.29 is 4.74 Å². The Bertz CT molecular complexity index is 463. The summed E-state index contributed by atoms with van der Waals surface area (Å²) in [6, 6.07) is 2.12. The number of rotatable bonds is 5. The van der Waals surface area contributed by atoms with Crippen LogP contribution in [0.2, 0.25) is 0 Å². The van der Waals surface area contributed by atoms with Crippen LogP contribution in [0.1, 0.15) is 41.5 Å². The van der Waals surface area contributed by atoms with Gasteiger partial charge in [-0.15, -0.1) is 0 Å². The van der Waals surface area contributed by atoms with E-state index in [1.54, 1.807) is 7.11 Å². The highest BCUT2D eigenvalue weighted by Crippen LogP contribution is 2.33. The smallest absolute Gasteiger partial charge is 0.133 e. The molecule has 0 aliphatic carbocycles. The van der Waals surface area contributed by atoms with Gasteiger partial charge in [-0.2, -0.15) is 5.26 Å². The maximum absolute atomic E-state index is 8.57. The van der Waals surface area contributed by atoms with Gasteiger partial charge in [-0.25, -0.2) is 0 Å². The zero-order valence-corrected chi connectivity index (χ0v) is 12.6. The number of methoxy groups -OCH3 is 1. The van der Waals surface area contributed by atoms with Crippen molar-refractivity contribution in [2.45, 2.75) is 40.0 Å². The first-order valence-corrected chi connectivity index (χ1v) is 7.17. The third-order valence-corrected chi connectivity index (χ3v) is 4.11. The average Bonchev–Trinajstić information content (AvgIpc) is 2.34. The van der Waals surface area contributed by atoms with Crippen molar-refractivity contribution in [1.82, 2.24) is 0 Å². The van der Waals surface area contributed by atoms with Crippen LogP contribution in [-0.4, -0.2) is 12.9 Å². The van der Waals surface area contributed by atoms with E-state index in [0.29, 0.717) is 5.92 Å². The van der Waals surface area contributed by atoms with E-state index in [-0.39, 0.29) is 0 Å².